The minimum atomic E-state index is -1.15. The lowest BCUT2D eigenvalue weighted by atomic mass is 10.4. The molecule has 0 aliphatic carbocycles. The summed E-state index contributed by atoms with van der Waals surface area (Å²) in [5.41, 5.74) is 0. The summed E-state index contributed by atoms with van der Waals surface area (Å²) < 4.78 is 4.25. The molecule has 3 heteroatoms. The van der Waals surface area contributed by atoms with E-state index in [0.717, 1.165) is 0 Å². The molecule has 0 aromatic carbocycles. The quantitative estimate of drug-likeness (QED) is 0.449. The van der Waals surface area contributed by atoms with E-state index in [1.54, 1.807) is 0 Å². The number of aliphatic hydroxyl groups excluding tert-OH is 2. The zero-order chi connectivity index (χ0) is 5.86. The van der Waals surface area contributed by atoms with Crippen LogP contribution in [-0.2, 0) is 4.74 Å². The summed E-state index contributed by atoms with van der Waals surface area (Å²) in [5, 5.41) is 16.7. The molecule has 0 bridgehead atoms. The largest absolute Gasteiger partial charge is 0.388 e. The van der Waals surface area contributed by atoms with Gasteiger partial charge in [0, 0.05) is 7.11 Å². The topological polar surface area (TPSA) is 49.7 Å². The maximum Gasteiger partial charge on any atom is 0.180 e. The minimum Gasteiger partial charge on any atom is -0.388 e. The number of hydrogen-bond acceptors (Lipinski definition) is 3. The summed E-state index contributed by atoms with van der Waals surface area (Å²) in [6, 6.07) is 0. The van der Waals surface area contributed by atoms with Gasteiger partial charge in [0.15, 0.2) is 6.29 Å². The van der Waals surface area contributed by atoms with Crippen molar-refractivity contribution in [2.24, 2.45) is 0 Å². The Balaban J connectivity index is 3.14. The molecule has 2 unspecified atom stereocenters. The SMILES string of the molecule is [CH2]C(O)C(O)OC. The van der Waals surface area contributed by atoms with Gasteiger partial charge in [-0.25, -0.2) is 0 Å². The van der Waals surface area contributed by atoms with Crippen molar-refractivity contribution in [1.82, 2.24) is 0 Å². The molecule has 7 heavy (non-hydrogen) atoms. The second-order valence-electron chi connectivity index (χ2n) is 1.19. The normalized spacial score (nSPS) is 18.9. The van der Waals surface area contributed by atoms with Crippen LogP contribution in [0.5, 0.6) is 0 Å². The summed E-state index contributed by atoms with van der Waals surface area (Å²) in [5.74, 6) is 0. The molecule has 0 aromatic heterocycles. The number of ether oxygens (including phenoxy) is 1. The third kappa shape index (κ3) is 2.56. The monoisotopic (exact) mass is 105 g/mol. The predicted octanol–water partition coefficient (Wildman–Crippen LogP) is -0.854. The van der Waals surface area contributed by atoms with E-state index in [1.807, 2.05) is 0 Å². The summed E-state index contributed by atoms with van der Waals surface area (Å²) in [6.07, 6.45) is -2.20. The Morgan fingerprint density at radius 1 is 1.57 bits per heavy atom. The first-order valence-corrected chi connectivity index (χ1v) is 1.90. The third-order valence-electron chi connectivity index (χ3n) is 0.571. The summed E-state index contributed by atoms with van der Waals surface area (Å²) in [7, 11) is 1.29. The Morgan fingerprint density at radius 2 is 2.00 bits per heavy atom. The van der Waals surface area contributed by atoms with Gasteiger partial charge in [0.1, 0.15) is 6.10 Å². The first-order chi connectivity index (χ1) is 3.18. The highest BCUT2D eigenvalue weighted by Crippen LogP contribution is 1.88. The lowest BCUT2D eigenvalue weighted by Gasteiger charge is -2.09. The fraction of sp³-hybridized carbons (Fsp3) is 0.750. The Hall–Kier alpha value is -0.120. The van der Waals surface area contributed by atoms with Gasteiger partial charge in [-0.2, -0.15) is 0 Å². The molecule has 0 aliphatic heterocycles. The van der Waals surface area contributed by atoms with Crippen LogP contribution in [0.15, 0.2) is 0 Å². The van der Waals surface area contributed by atoms with Crippen LogP contribution in [0, 0.1) is 6.92 Å². The van der Waals surface area contributed by atoms with Crippen LogP contribution in [0.4, 0.5) is 0 Å². The van der Waals surface area contributed by atoms with Crippen molar-refractivity contribution in [3.63, 3.8) is 0 Å². The predicted molar refractivity (Wildman–Crippen MR) is 24.4 cm³/mol. The van der Waals surface area contributed by atoms with Crippen molar-refractivity contribution in [1.29, 1.82) is 0 Å². The van der Waals surface area contributed by atoms with Crippen molar-refractivity contribution in [3.05, 3.63) is 6.92 Å². The number of methoxy groups -OCH3 is 1. The van der Waals surface area contributed by atoms with Crippen molar-refractivity contribution in [2.75, 3.05) is 7.11 Å². The minimum absolute atomic E-state index is 1.05. The second kappa shape index (κ2) is 2.96. The van der Waals surface area contributed by atoms with Crippen LogP contribution in [-0.4, -0.2) is 29.7 Å². The molecule has 0 aliphatic rings. The smallest absolute Gasteiger partial charge is 0.180 e. The maximum absolute atomic E-state index is 8.40. The van der Waals surface area contributed by atoms with E-state index < -0.39 is 12.4 Å². The van der Waals surface area contributed by atoms with Crippen molar-refractivity contribution in [2.45, 2.75) is 12.4 Å². The summed E-state index contributed by atoms with van der Waals surface area (Å²) >= 11 is 0. The fourth-order valence-corrected chi connectivity index (χ4v) is 0.157. The van der Waals surface area contributed by atoms with Gasteiger partial charge < -0.3 is 14.9 Å². The molecule has 0 spiro atoms. The molecule has 3 nitrogen and oxygen atoms in total. The number of aliphatic hydroxyl groups is 2. The zero-order valence-electron chi connectivity index (χ0n) is 4.16. The van der Waals surface area contributed by atoms with E-state index in [-0.39, 0.29) is 0 Å². The van der Waals surface area contributed by atoms with E-state index in [2.05, 4.69) is 11.7 Å². The first kappa shape index (κ1) is 6.88. The van der Waals surface area contributed by atoms with Crippen molar-refractivity contribution >= 4 is 0 Å². The molecule has 2 atom stereocenters. The molecule has 0 heterocycles. The Morgan fingerprint density at radius 3 is 2.00 bits per heavy atom. The van der Waals surface area contributed by atoms with E-state index in [1.165, 1.54) is 7.11 Å². The van der Waals surface area contributed by atoms with Crippen molar-refractivity contribution in [3.8, 4) is 0 Å². The van der Waals surface area contributed by atoms with Crippen LogP contribution in [0.2, 0.25) is 0 Å². The Bertz CT molecular complexity index is 44.2. The van der Waals surface area contributed by atoms with Crippen LogP contribution in [0.3, 0.4) is 0 Å². The highest BCUT2D eigenvalue weighted by molar-refractivity contribution is 4.57. The lowest BCUT2D eigenvalue weighted by Crippen LogP contribution is -2.24. The molecule has 2 N–H and O–H groups in total. The van der Waals surface area contributed by atoms with Gasteiger partial charge in [0.2, 0.25) is 0 Å². The molecule has 0 saturated heterocycles. The molecular weight excluding hydrogens is 96.0 g/mol. The highest BCUT2D eigenvalue weighted by atomic mass is 16.6. The summed E-state index contributed by atoms with van der Waals surface area (Å²) in [6.45, 7) is 3.09. The maximum atomic E-state index is 8.40. The average molecular weight is 105 g/mol. The van der Waals surface area contributed by atoms with Gasteiger partial charge in [0.05, 0.1) is 0 Å². The molecule has 0 fully saturated rings. The van der Waals surface area contributed by atoms with Crippen LogP contribution in [0.1, 0.15) is 0 Å². The van der Waals surface area contributed by atoms with E-state index >= 15 is 0 Å². The molecule has 0 saturated carbocycles. The second-order valence-corrected chi connectivity index (χ2v) is 1.19. The van der Waals surface area contributed by atoms with E-state index in [4.69, 9.17) is 10.2 Å². The van der Waals surface area contributed by atoms with Gasteiger partial charge in [-0.15, -0.1) is 0 Å². The molecule has 0 rings (SSSR count). The molecular formula is C4H9O3. The van der Waals surface area contributed by atoms with E-state index in [0.29, 0.717) is 0 Å². The van der Waals surface area contributed by atoms with Crippen LogP contribution >= 0.6 is 0 Å². The van der Waals surface area contributed by atoms with Gasteiger partial charge in [-0.3, -0.25) is 0 Å². The first-order valence-electron chi connectivity index (χ1n) is 1.90. The van der Waals surface area contributed by atoms with E-state index in [9.17, 15) is 0 Å². The van der Waals surface area contributed by atoms with Gasteiger partial charge >= 0.3 is 0 Å². The standard InChI is InChI=1S/C4H9O3/c1-3(5)4(6)7-2/h3-6H,1H2,2H3. The highest BCUT2D eigenvalue weighted by Gasteiger charge is 2.06. The third-order valence-corrected chi connectivity index (χ3v) is 0.571. The summed E-state index contributed by atoms with van der Waals surface area (Å²) in [4.78, 5) is 0. The molecule has 43 valence electrons. The van der Waals surface area contributed by atoms with Gasteiger partial charge in [-0.05, 0) is 6.92 Å². The Labute approximate surface area is 42.5 Å². The van der Waals surface area contributed by atoms with Gasteiger partial charge in [-0.1, -0.05) is 0 Å². The average Bonchev–Trinajstić information content (AvgIpc) is 1.65. The van der Waals surface area contributed by atoms with Crippen LogP contribution in [0.25, 0.3) is 0 Å². The zero-order valence-corrected chi connectivity index (χ0v) is 4.16. The number of hydrogen-bond donors (Lipinski definition) is 2. The lowest BCUT2D eigenvalue weighted by molar-refractivity contribution is -0.129. The Kier molecular flexibility index (Phi) is 2.91. The molecule has 0 aromatic rings. The number of rotatable bonds is 2. The van der Waals surface area contributed by atoms with Crippen molar-refractivity contribution < 1.29 is 14.9 Å². The molecule has 1 radical (unpaired) electrons. The molecule has 0 amide bonds. The fourth-order valence-electron chi connectivity index (χ4n) is 0.157. The van der Waals surface area contributed by atoms with Crippen LogP contribution < -0.4 is 0 Å². The van der Waals surface area contributed by atoms with Gasteiger partial charge in [0.25, 0.3) is 0 Å².